The Morgan fingerprint density at radius 1 is 1.10 bits per heavy atom. The summed E-state index contributed by atoms with van der Waals surface area (Å²) in [7, 11) is 1.33. The van der Waals surface area contributed by atoms with E-state index >= 15 is 0 Å². The molecule has 2 aromatic carbocycles. The van der Waals surface area contributed by atoms with Crippen LogP contribution in [0.4, 0.5) is 4.39 Å². The zero-order chi connectivity index (χ0) is 21.7. The highest BCUT2D eigenvalue weighted by atomic mass is 19.1. The van der Waals surface area contributed by atoms with Gasteiger partial charge in [-0.25, -0.2) is 9.18 Å². The van der Waals surface area contributed by atoms with Gasteiger partial charge in [0.15, 0.2) is 24.0 Å². The van der Waals surface area contributed by atoms with Crippen molar-refractivity contribution in [1.82, 2.24) is 5.16 Å². The molecule has 0 bridgehead atoms. The number of rotatable bonds is 8. The number of aromatic nitrogens is 1. The van der Waals surface area contributed by atoms with Gasteiger partial charge in [0.25, 0.3) is 0 Å². The second-order valence-electron chi connectivity index (χ2n) is 6.44. The number of carbonyl (C=O) groups is 2. The Hall–Kier alpha value is -3.68. The van der Waals surface area contributed by atoms with Crippen LogP contribution < -0.4 is 9.47 Å². The smallest absolute Gasteiger partial charge is 0.342 e. The van der Waals surface area contributed by atoms with E-state index in [4.69, 9.17) is 18.7 Å². The maximum absolute atomic E-state index is 13.8. The molecule has 0 aliphatic heterocycles. The van der Waals surface area contributed by atoms with Crippen LogP contribution >= 0.6 is 0 Å². The van der Waals surface area contributed by atoms with E-state index in [1.807, 2.05) is 0 Å². The summed E-state index contributed by atoms with van der Waals surface area (Å²) in [5, 5.41) is 3.86. The fourth-order valence-corrected chi connectivity index (χ4v) is 2.75. The summed E-state index contributed by atoms with van der Waals surface area (Å²) in [6.07, 6.45) is 0. The predicted octanol–water partition coefficient (Wildman–Crippen LogP) is 4.06. The SMILES string of the molecule is COc1ccc(C(=O)COC(=O)c2ccccc2OCc2c(C)noc2C)cc1F. The molecule has 0 saturated carbocycles. The first-order chi connectivity index (χ1) is 14.4. The van der Waals surface area contributed by atoms with E-state index in [9.17, 15) is 14.0 Å². The molecule has 8 heteroatoms. The highest BCUT2D eigenvalue weighted by Crippen LogP contribution is 2.23. The van der Waals surface area contributed by atoms with Crippen LogP contribution in [0.5, 0.6) is 11.5 Å². The van der Waals surface area contributed by atoms with E-state index < -0.39 is 24.2 Å². The van der Waals surface area contributed by atoms with Crippen molar-refractivity contribution >= 4 is 11.8 Å². The number of aryl methyl sites for hydroxylation is 2. The number of carbonyl (C=O) groups excluding carboxylic acids is 2. The van der Waals surface area contributed by atoms with E-state index in [-0.39, 0.29) is 23.5 Å². The van der Waals surface area contributed by atoms with Gasteiger partial charge in [-0.2, -0.15) is 0 Å². The molecule has 0 aliphatic carbocycles. The summed E-state index contributed by atoms with van der Waals surface area (Å²) in [6.45, 7) is 3.19. The van der Waals surface area contributed by atoms with E-state index in [0.717, 1.165) is 11.6 Å². The standard InChI is InChI=1S/C22H20FNO6/c1-13-17(14(2)30-24-13)11-28-20-7-5-4-6-16(20)22(26)29-12-19(25)15-8-9-21(27-3)18(23)10-15/h4-10H,11-12H2,1-3H3. The van der Waals surface area contributed by atoms with Gasteiger partial charge in [0, 0.05) is 5.56 Å². The van der Waals surface area contributed by atoms with E-state index in [1.54, 1.807) is 32.0 Å². The third kappa shape index (κ3) is 4.65. The molecule has 0 radical (unpaired) electrons. The lowest BCUT2D eigenvalue weighted by molar-refractivity contribution is 0.0470. The van der Waals surface area contributed by atoms with Gasteiger partial charge in [0.2, 0.25) is 0 Å². The van der Waals surface area contributed by atoms with Crippen LogP contribution in [0.1, 0.15) is 37.7 Å². The molecular formula is C22H20FNO6. The monoisotopic (exact) mass is 413 g/mol. The molecule has 0 saturated heterocycles. The quantitative estimate of drug-likeness (QED) is 0.406. The van der Waals surface area contributed by atoms with Gasteiger partial charge in [0.05, 0.1) is 18.4 Å². The molecule has 0 N–H and O–H groups in total. The first-order valence-electron chi connectivity index (χ1n) is 9.08. The number of ketones is 1. The number of esters is 1. The minimum absolute atomic E-state index is 0.0212. The van der Waals surface area contributed by atoms with E-state index in [1.165, 1.54) is 25.3 Å². The fourth-order valence-electron chi connectivity index (χ4n) is 2.75. The van der Waals surface area contributed by atoms with Crippen molar-refractivity contribution in [3.05, 3.63) is 76.4 Å². The number of ether oxygens (including phenoxy) is 3. The number of benzene rings is 2. The van der Waals surface area contributed by atoms with E-state index in [2.05, 4.69) is 5.16 Å². The van der Waals surface area contributed by atoms with Gasteiger partial charge in [-0.3, -0.25) is 4.79 Å². The molecule has 30 heavy (non-hydrogen) atoms. The van der Waals surface area contributed by atoms with Gasteiger partial charge >= 0.3 is 5.97 Å². The molecule has 3 aromatic rings. The maximum Gasteiger partial charge on any atom is 0.342 e. The van der Waals surface area contributed by atoms with E-state index in [0.29, 0.717) is 17.2 Å². The van der Waals surface area contributed by atoms with Crippen LogP contribution in [-0.4, -0.2) is 30.6 Å². The summed E-state index contributed by atoms with van der Waals surface area (Å²) < 4.78 is 34.5. The minimum Gasteiger partial charge on any atom is -0.494 e. The maximum atomic E-state index is 13.8. The predicted molar refractivity (Wildman–Crippen MR) is 104 cm³/mol. The Bertz CT molecular complexity index is 1060. The molecule has 7 nitrogen and oxygen atoms in total. The highest BCUT2D eigenvalue weighted by Gasteiger charge is 2.18. The molecule has 0 amide bonds. The van der Waals surface area contributed by atoms with Crippen molar-refractivity contribution in [2.75, 3.05) is 13.7 Å². The van der Waals surface area contributed by atoms with Crippen molar-refractivity contribution in [1.29, 1.82) is 0 Å². The first kappa shape index (κ1) is 21.0. The number of Topliss-reactive ketones (excluding diaryl/α,β-unsaturated/α-hetero) is 1. The minimum atomic E-state index is -0.730. The molecule has 0 fully saturated rings. The largest absolute Gasteiger partial charge is 0.494 e. The average Bonchev–Trinajstić information content (AvgIpc) is 3.07. The number of nitrogens with zero attached hydrogens (tertiary/aromatic N) is 1. The summed E-state index contributed by atoms with van der Waals surface area (Å²) in [5.74, 6) is -0.998. The molecule has 3 rings (SSSR count). The second kappa shape index (κ2) is 9.21. The number of hydrogen-bond donors (Lipinski definition) is 0. The number of halogens is 1. The molecule has 1 heterocycles. The van der Waals surface area contributed by atoms with Crippen molar-refractivity contribution < 1.29 is 32.7 Å². The number of methoxy groups -OCH3 is 1. The molecule has 0 spiro atoms. The Kier molecular flexibility index (Phi) is 6.46. The van der Waals surface area contributed by atoms with Crippen molar-refractivity contribution in [2.45, 2.75) is 20.5 Å². The Morgan fingerprint density at radius 2 is 1.87 bits per heavy atom. The molecular weight excluding hydrogens is 393 g/mol. The van der Waals surface area contributed by atoms with Gasteiger partial charge in [-0.1, -0.05) is 17.3 Å². The topological polar surface area (TPSA) is 87.9 Å². The van der Waals surface area contributed by atoms with Crippen LogP contribution in [-0.2, 0) is 11.3 Å². The van der Waals surface area contributed by atoms with Crippen LogP contribution in [0.3, 0.4) is 0 Å². The Morgan fingerprint density at radius 3 is 2.53 bits per heavy atom. The second-order valence-corrected chi connectivity index (χ2v) is 6.44. The molecule has 156 valence electrons. The Balaban J connectivity index is 1.65. The zero-order valence-corrected chi connectivity index (χ0v) is 16.7. The molecule has 1 aromatic heterocycles. The first-order valence-corrected chi connectivity index (χ1v) is 9.08. The van der Waals surface area contributed by atoms with Crippen molar-refractivity contribution in [3.8, 4) is 11.5 Å². The fraction of sp³-hybridized carbons (Fsp3) is 0.227. The van der Waals surface area contributed by atoms with Crippen molar-refractivity contribution in [2.24, 2.45) is 0 Å². The third-order valence-corrected chi connectivity index (χ3v) is 4.47. The van der Waals surface area contributed by atoms with Crippen LogP contribution in [0.15, 0.2) is 47.0 Å². The molecule has 0 aliphatic rings. The normalized spacial score (nSPS) is 10.5. The van der Waals surface area contributed by atoms with Gasteiger partial charge < -0.3 is 18.7 Å². The van der Waals surface area contributed by atoms with Crippen molar-refractivity contribution in [3.63, 3.8) is 0 Å². The van der Waals surface area contributed by atoms with Crippen LogP contribution in [0.25, 0.3) is 0 Å². The highest BCUT2D eigenvalue weighted by molar-refractivity contribution is 6.00. The lowest BCUT2D eigenvalue weighted by Crippen LogP contribution is -2.15. The number of para-hydroxylation sites is 1. The molecule has 0 unspecified atom stereocenters. The van der Waals surface area contributed by atoms with Gasteiger partial charge in [0.1, 0.15) is 23.7 Å². The molecule has 0 atom stereocenters. The summed E-state index contributed by atoms with van der Waals surface area (Å²) in [6, 6.07) is 10.3. The van der Waals surface area contributed by atoms with Crippen LogP contribution in [0, 0.1) is 19.7 Å². The average molecular weight is 413 g/mol. The van der Waals surface area contributed by atoms with Crippen LogP contribution in [0.2, 0.25) is 0 Å². The van der Waals surface area contributed by atoms with Gasteiger partial charge in [-0.05, 0) is 44.2 Å². The zero-order valence-electron chi connectivity index (χ0n) is 16.7. The van der Waals surface area contributed by atoms with Gasteiger partial charge in [-0.15, -0.1) is 0 Å². The third-order valence-electron chi connectivity index (χ3n) is 4.47. The lowest BCUT2D eigenvalue weighted by atomic mass is 10.1. The number of hydrogen-bond acceptors (Lipinski definition) is 7. The summed E-state index contributed by atoms with van der Waals surface area (Å²) in [4.78, 5) is 24.7. The Labute approximate surface area is 172 Å². The summed E-state index contributed by atoms with van der Waals surface area (Å²) in [5.41, 5.74) is 1.72. The lowest BCUT2D eigenvalue weighted by Gasteiger charge is -2.11. The summed E-state index contributed by atoms with van der Waals surface area (Å²) >= 11 is 0.